The molecule has 1 aliphatic rings. The smallest absolute Gasteiger partial charge is 0.348 e. The SMILES string of the molecule is NCC1CCN(c2nc3ccccc3n3c(=O)[nH]nc23)CC1. The van der Waals surface area contributed by atoms with Gasteiger partial charge in [-0.15, -0.1) is 5.10 Å². The Balaban J connectivity index is 1.88. The second-order valence-corrected chi connectivity index (χ2v) is 5.78. The summed E-state index contributed by atoms with van der Waals surface area (Å²) in [6.07, 6.45) is 2.09. The van der Waals surface area contributed by atoms with E-state index >= 15 is 0 Å². The van der Waals surface area contributed by atoms with E-state index in [1.807, 2.05) is 24.3 Å². The van der Waals surface area contributed by atoms with Crippen molar-refractivity contribution in [1.29, 1.82) is 0 Å². The monoisotopic (exact) mass is 298 g/mol. The maximum absolute atomic E-state index is 12.1. The molecule has 1 aliphatic heterocycles. The van der Waals surface area contributed by atoms with Crippen LogP contribution in [0.15, 0.2) is 29.1 Å². The van der Waals surface area contributed by atoms with E-state index in [1.54, 1.807) is 4.40 Å². The Morgan fingerprint density at radius 3 is 2.82 bits per heavy atom. The maximum atomic E-state index is 12.1. The van der Waals surface area contributed by atoms with Crippen molar-refractivity contribution in [2.24, 2.45) is 11.7 Å². The van der Waals surface area contributed by atoms with E-state index in [2.05, 4.69) is 15.1 Å². The van der Waals surface area contributed by atoms with Gasteiger partial charge in [0.2, 0.25) is 5.65 Å². The predicted molar refractivity (Wildman–Crippen MR) is 85.1 cm³/mol. The summed E-state index contributed by atoms with van der Waals surface area (Å²) in [5, 5.41) is 6.72. The van der Waals surface area contributed by atoms with Gasteiger partial charge in [0.1, 0.15) is 0 Å². The van der Waals surface area contributed by atoms with Crippen molar-refractivity contribution in [3.05, 3.63) is 34.7 Å². The first-order valence-corrected chi connectivity index (χ1v) is 7.59. The van der Waals surface area contributed by atoms with E-state index in [0.29, 0.717) is 11.6 Å². The first kappa shape index (κ1) is 13.3. The molecule has 0 bridgehead atoms. The molecule has 7 nitrogen and oxygen atoms in total. The molecule has 3 heterocycles. The average Bonchev–Trinajstić information content (AvgIpc) is 2.97. The molecule has 1 fully saturated rings. The van der Waals surface area contributed by atoms with Gasteiger partial charge in [0.15, 0.2) is 5.82 Å². The Hall–Kier alpha value is -2.41. The van der Waals surface area contributed by atoms with Crippen LogP contribution in [0.1, 0.15) is 12.8 Å². The summed E-state index contributed by atoms with van der Waals surface area (Å²) in [6.45, 7) is 2.52. The summed E-state index contributed by atoms with van der Waals surface area (Å²) < 4.78 is 1.60. The van der Waals surface area contributed by atoms with Crippen LogP contribution in [-0.4, -0.2) is 39.2 Å². The molecule has 0 amide bonds. The van der Waals surface area contributed by atoms with Crippen LogP contribution in [-0.2, 0) is 0 Å². The molecule has 7 heteroatoms. The number of hydrogen-bond acceptors (Lipinski definition) is 5. The Bertz CT molecular complexity index is 874. The molecular weight excluding hydrogens is 280 g/mol. The van der Waals surface area contributed by atoms with Gasteiger partial charge in [0.25, 0.3) is 0 Å². The largest absolute Gasteiger partial charge is 0.353 e. The van der Waals surface area contributed by atoms with Crippen LogP contribution < -0.4 is 16.3 Å². The summed E-state index contributed by atoms with van der Waals surface area (Å²) in [4.78, 5) is 19.1. The average molecular weight is 298 g/mol. The van der Waals surface area contributed by atoms with Gasteiger partial charge in [-0.25, -0.2) is 19.3 Å². The summed E-state index contributed by atoms with van der Waals surface area (Å²) in [7, 11) is 0. The zero-order chi connectivity index (χ0) is 15.1. The number of piperidine rings is 1. The number of H-pyrrole nitrogens is 1. The number of hydrogen-bond donors (Lipinski definition) is 2. The van der Waals surface area contributed by atoms with Crippen LogP contribution in [0, 0.1) is 5.92 Å². The van der Waals surface area contributed by atoms with Gasteiger partial charge < -0.3 is 10.6 Å². The minimum atomic E-state index is -0.230. The number of nitrogens with zero attached hydrogens (tertiary/aromatic N) is 4. The van der Waals surface area contributed by atoms with Crippen molar-refractivity contribution in [2.45, 2.75) is 12.8 Å². The number of aromatic nitrogens is 4. The minimum absolute atomic E-state index is 0.230. The van der Waals surface area contributed by atoms with Gasteiger partial charge in [0, 0.05) is 13.1 Å². The lowest BCUT2D eigenvalue weighted by molar-refractivity contribution is 0.413. The predicted octanol–water partition coefficient (Wildman–Crippen LogP) is 0.746. The summed E-state index contributed by atoms with van der Waals surface area (Å²) in [6, 6.07) is 7.63. The van der Waals surface area contributed by atoms with Crippen LogP contribution in [0.4, 0.5) is 5.82 Å². The third-order valence-electron chi connectivity index (χ3n) is 4.47. The van der Waals surface area contributed by atoms with Crippen LogP contribution in [0.25, 0.3) is 16.7 Å². The molecule has 1 saturated heterocycles. The van der Waals surface area contributed by atoms with Crippen LogP contribution in [0.3, 0.4) is 0 Å². The molecule has 0 saturated carbocycles. The van der Waals surface area contributed by atoms with Gasteiger partial charge in [-0.05, 0) is 37.4 Å². The summed E-state index contributed by atoms with van der Waals surface area (Å²) >= 11 is 0. The Morgan fingerprint density at radius 2 is 2.05 bits per heavy atom. The molecule has 0 radical (unpaired) electrons. The second-order valence-electron chi connectivity index (χ2n) is 5.78. The topological polar surface area (TPSA) is 92.3 Å². The zero-order valence-electron chi connectivity index (χ0n) is 12.2. The lowest BCUT2D eigenvalue weighted by Crippen LogP contribution is -2.37. The molecule has 1 aromatic carbocycles. The van der Waals surface area contributed by atoms with Gasteiger partial charge in [-0.1, -0.05) is 12.1 Å². The molecule has 0 spiro atoms. The first-order chi connectivity index (χ1) is 10.8. The van der Waals surface area contributed by atoms with E-state index in [9.17, 15) is 4.79 Å². The third-order valence-corrected chi connectivity index (χ3v) is 4.47. The van der Waals surface area contributed by atoms with Gasteiger partial charge in [-0.2, -0.15) is 0 Å². The highest BCUT2D eigenvalue weighted by molar-refractivity contribution is 5.82. The molecule has 0 atom stereocenters. The molecule has 4 rings (SSSR count). The molecule has 22 heavy (non-hydrogen) atoms. The number of fused-ring (bicyclic) bond motifs is 3. The van der Waals surface area contributed by atoms with Crippen molar-refractivity contribution in [3.8, 4) is 0 Å². The number of rotatable bonds is 2. The maximum Gasteiger partial charge on any atom is 0.348 e. The van der Waals surface area contributed by atoms with E-state index in [-0.39, 0.29) is 5.69 Å². The minimum Gasteiger partial charge on any atom is -0.353 e. The quantitative estimate of drug-likeness (QED) is 0.728. The second kappa shape index (κ2) is 5.10. The fraction of sp³-hybridized carbons (Fsp3) is 0.400. The van der Waals surface area contributed by atoms with Gasteiger partial charge >= 0.3 is 5.69 Å². The summed E-state index contributed by atoms with van der Waals surface area (Å²) in [5.74, 6) is 1.35. The molecule has 0 aliphatic carbocycles. The Labute approximate surface area is 126 Å². The van der Waals surface area contributed by atoms with Crippen molar-refractivity contribution in [1.82, 2.24) is 19.6 Å². The van der Waals surface area contributed by atoms with E-state index < -0.39 is 0 Å². The lowest BCUT2D eigenvalue weighted by atomic mass is 9.97. The van der Waals surface area contributed by atoms with Crippen molar-refractivity contribution in [3.63, 3.8) is 0 Å². The number of para-hydroxylation sites is 2. The van der Waals surface area contributed by atoms with Crippen molar-refractivity contribution >= 4 is 22.5 Å². The van der Waals surface area contributed by atoms with Gasteiger partial charge in [-0.3, -0.25) is 0 Å². The molecular formula is C15H18N6O. The molecule has 114 valence electrons. The third kappa shape index (κ3) is 1.97. The summed E-state index contributed by atoms with van der Waals surface area (Å²) in [5.41, 5.74) is 7.70. The lowest BCUT2D eigenvalue weighted by Gasteiger charge is -2.32. The first-order valence-electron chi connectivity index (χ1n) is 7.59. The van der Waals surface area contributed by atoms with Crippen LogP contribution in [0.5, 0.6) is 0 Å². The van der Waals surface area contributed by atoms with E-state index in [0.717, 1.165) is 49.3 Å². The molecule has 0 unspecified atom stereocenters. The van der Waals surface area contributed by atoms with Crippen LogP contribution in [0.2, 0.25) is 0 Å². The Morgan fingerprint density at radius 1 is 1.27 bits per heavy atom. The number of benzene rings is 1. The zero-order valence-corrected chi connectivity index (χ0v) is 12.2. The number of anilines is 1. The highest BCUT2D eigenvalue weighted by Crippen LogP contribution is 2.26. The Kier molecular flexibility index (Phi) is 3.07. The number of nitrogens with two attached hydrogens (primary N) is 1. The highest BCUT2D eigenvalue weighted by Gasteiger charge is 2.23. The van der Waals surface area contributed by atoms with E-state index in [4.69, 9.17) is 10.7 Å². The van der Waals surface area contributed by atoms with Crippen molar-refractivity contribution in [2.75, 3.05) is 24.5 Å². The standard InChI is InChI=1S/C15H18N6O/c16-9-10-5-7-20(8-6-10)13-14-18-19-15(22)21(14)12-4-2-1-3-11(12)17-13/h1-4,10H,5-9,16H2,(H,19,22). The fourth-order valence-corrected chi connectivity index (χ4v) is 3.17. The van der Waals surface area contributed by atoms with Gasteiger partial charge in [0.05, 0.1) is 11.0 Å². The molecule has 3 aromatic rings. The number of nitrogens with one attached hydrogen (secondary N) is 1. The highest BCUT2D eigenvalue weighted by atomic mass is 16.1. The normalized spacial score (nSPS) is 16.7. The van der Waals surface area contributed by atoms with E-state index in [1.165, 1.54) is 0 Å². The molecule has 3 N–H and O–H groups in total. The number of aromatic amines is 1. The fourth-order valence-electron chi connectivity index (χ4n) is 3.17. The van der Waals surface area contributed by atoms with Crippen LogP contribution >= 0.6 is 0 Å². The van der Waals surface area contributed by atoms with Crippen molar-refractivity contribution < 1.29 is 0 Å². The molecule has 2 aromatic heterocycles.